The third-order valence-electron chi connectivity index (χ3n) is 16.3. The highest BCUT2D eigenvalue weighted by molar-refractivity contribution is 5.09. The van der Waals surface area contributed by atoms with Crippen LogP contribution in [0.15, 0.2) is 0 Å². The molecule has 0 amide bonds. The van der Waals surface area contributed by atoms with Crippen molar-refractivity contribution in [3.8, 4) is 0 Å². The third-order valence-corrected chi connectivity index (χ3v) is 16.3. The molecule has 0 bridgehead atoms. The average molecular weight is 797 g/mol. The zero-order valence-corrected chi connectivity index (χ0v) is 38.0. The van der Waals surface area contributed by atoms with Crippen molar-refractivity contribution in [2.45, 2.75) is 166 Å². The van der Waals surface area contributed by atoms with E-state index in [4.69, 9.17) is 14.2 Å². The first-order valence-electron chi connectivity index (χ1n) is 24.6. The summed E-state index contributed by atoms with van der Waals surface area (Å²) < 4.78 is 19.4. The summed E-state index contributed by atoms with van der Waals surface area (Å²) in [6.07, 6.45) is 21.5. The van der Waals surface area contributed by atoms with E-state index in [1.54, 1.807) is 0 Å². The molecule has 8 rings (SSSR count). The number of rotatable bonds is 14. The zero-order valence-electron chi connectivity index (χ0n) is 38.0. The van der Waals surface area contributed by atoms with Crippen LogP contribution in [-0.2, 0) is 14.2 Å². The van der Waals surface area contributed by atoms with Gasteiger partial charge in [0.05, 0.1) is 43.2 Å². The second-order valence-corrected chi connectivity index (χ2v) is 23.3. The molecule has 5 heterocycles. The SMILES string of the molecule is CN1CCC(OC2CCC(CN3CCN(CC(C)(C)CCN4CCC(OC5CCC(CN6CCN(CC(C)(C)C)C7(CC7)C6)CC5)CC4)C4(COC4)C3)CC2)CC1. The van der Waals surface area contributed by atoms with Crippen molar-refractivity contribution in [3.63, 3.8) is 0 Å². The van der Waals surface area contributed by atoms with Gasteiger partial charge in [0.25, 0.3) is 0 Å². The van der Waals surface area contributed by atoms with E-state index in [0.717, 1.165) is 25.0 Å². The molecule has 3 saturated carbocycles. The van der Waals surface area contributed by atoms with Gasteiger partial charge >= 0.3 is 0 Å². The van der Waals surface area contributed by atoms with Crippen LogP contribution in [0.3, 0.4) is 0 Å². The lowest BCUT2D eigenvalue weighted by Crippen LogP contribution is -2.72. The Morgan fingerprint density at radius 1 is 0.526 bits per heavy atom. The maximum atomic E-state index is 6.83. The first kappa shape index (κ1) is 43.3. The van der Waals surface area contributed by atoms with Crippen LogP contribution < -0.4 is 0 Å². The van der Waals surface area contributed by atoms with Crippen molar-refractivity contribution in [1.29, 1.82) is 0 Å². The van der Waals surface area contributed by atoms with Crippen molar-refractivity contribution in [2.75, 3.05) is 118 Å². The molecule has 5 aliphatic heterocycles. The van der Waals surface area contributed by atoms with E-state index < -0.39 is 0 Å². The number of ether oxygens (including phenoxy) is 3. The molecule has 9 nitrogen and oxygen atoms in total. The predicted octanol–water partition coefficient (Wildman–Crippen LogP) is 6.70. The molecular formula is C48H88N6O3. The monoisotopic (exact) mass is 797 g/mol. The number of nitrogens with zero attached hydrogens (tertiary/aromatic N) is 6. The number of hydrogen-bond acceptors (Lipinski definition) is 9. The van der Waals surface area contributed by atoms with Gasteiger partial charge in [0.15, 0.2) is 0 Å². The lowest BCUT2D eigenvalue weighted by Gasteiger charge is -2.57. The Bertz CT molecular complexity index is 1230. The Morgan fingerprint density at radius 3 is 1.47 bits per heavy atom. The smallest absolute Gasteiger partial charge is 0.0807 e. The minimum Gasteiger partial charge on any atom is -0.377 e. The Balaban J connectivity index is 0.689. The fraction of sp³-hybridized carbons (Fsp3) is 1.00. The van der Waals surface area contributed by atoms with Gasteiger partial charge in [-0.2, -0.15) is 0 Å². The molecule has 5 saturated heterocycles. The normalized spacial score (nSPS) is 33.6. The molecule has 2 spiro atoms. The molecule has 328 valence electrons. The lowest BCUT2D eigenvalue weighted by molar-refractivity contribution is -0.178. The van der Waals surface area contributed by atoms with E-state index in [1.807, 2.05) is 0 Å². The Hall–Kier alpha value is -0.360. The number of hydrogen-bond donors (Lipinski definition) is 0. The molecule has 0 aromatic rings. The highest BCUT2D eigenvalue weighted by atomic mass is 16.5. The van der Waals surface area contributed by atoms with Crippen LogP contribution in [-0.4, -0.2) is 183 Å². The molecular weight excluding hydrogens is 709 g/mol. The van der Waals surface area contributed by atoms with Gasteiger partial charge in [0, 0.05) is 97.2 Å². The maximum absolute atomic E-state index is 6.83. The quantitative estimate of drug-likeness (QED) is 0.192. The number of piperazine rings is 2. The Morgan fingerprint density at radius 2 is 1.00 bits per heavy atom. The Kier molecular flexibility index (Phi) is 14.1. The van der Waals surface area contributed by atoms with Gasteiger partial charge in [-0.15, -0.1) is 0 Å². The fourth-order valence-corrected chi connectivity index (χ4v) is 12.4. The largest absolute Gasteiger partial charge is 0.377 e. The predicted molar refractivity (Wildman–Crippen MR) is 233 cm³/mol. The number of piperidine rings is 2. The summed E-state index contributed by atoms with van der Waals surface area (Å²) >= 11 is 0. The molecule has 0 N–H and O–H groups in total. The summed E-state index contributed by atoms with van der Waals surface area (Å²) in [6.45, 7) is 32.7. The number of likely N-dealkylation sites (tertiary alicyclic amines) is 2. The van der Waals surface area contributed by atoms with Crippen LogP contribution in [0, 0.1) is 22.7 Å². The van der Waals surface area contributed by atoms with Crippen LogP contribution >= 0.6 is 0 Å². The summed E-state index contributed by atoms with van der Waals surface area (Å²) in [5.41, 5.74) is 1.46. The van der Waals surface area contributed by atoms with E-state index >= 15 is 0 Å². The van der Waals surface area contributed by atoms with Gasteiger partial charge in [-0.25, -0.2) is 0 Å². The van der Waals surface area contributed by atoms with Crippen molar-refractivity contribution in [3.05, 3.63) is 0 Å². The summed E-state index contributed by atoms with van der Waals surface area (Å²) in [6, 6.07) is 0. The van der Waals surface area contributed by atoms with Crippen molar-refractivity contribution < 1.29 is 14.2 Å². The molecule has 0 unspecified atom stereocenters. The first-order valence-corrected chi connectivity index (χ1v) is 24.6. The van der Waals surface area contributed by atoms with Gasteiger partial charge in [-0.3, -0.25) is 19.6 Å². The standard InChI is InChI=1S/C48H88N6O3/c1-45(2,3)33-53-29-27-51(35-47(53)19-20-47)31-39-7-13-42(14-8-39)57-44-17-24-50(25-18-44)26-21-46(4,5)34-54-30-28-52(36-48(54)37-55-38-48)32-40-9-11-41(12-10-40)56-43-15-22-49(6)23-16-43/h39-44H,7-38H2,1-6H3. The van der Waals surface area contributed by atoms with E-state index in [9.17, 15) is 0 Å². The Labute approximate surface area is 350 Å². The van der Waals surface area contributed by atoms with Crippen molar-refractivity contribution >= 4 is 0 Å². The van der Waals surface area contributed by atoms with E-state index in [2.05, 4.69) is 71.1 Å². The zero-order chi connectivity index (χ0) is 39.7. The first-order chi connectivity index (χ1) is 27.3. The van der Waals surface area contributed by atoms with Crippen LogP contribution in [0.25, 0.3) is 0 Å². The van der Waals surface area contributed by atoms with Crippen LogP contribution in [0.2, 0.25) is 0 Å². The second-order valence-electron chi connectivity index (χ2n) is 23.3. The molecule has 3 aliphatic carbocycles. The van der Waals surface area contributed by atoms with E-state index in [0.29, 0.717) is 40.8 Å². The van der Waals surface area contributed by atoms with Crippen LogP contribution in [0.1, 0.15) is 131 Å². The summed E-state index contributed by atoms with van der Waals surface area (Å²) in [7, 11) is 2.24. The molecule has 8 aliphatic rings. The van der Waals surface area contributed by atoms with Crippen molar-refractivity contribution in [2.24, 2.45) is 22.7 Å². The van der Waals surface area contributed by atoms with E-state index in [-0.39, 0.29) is 5.54 Å². The molecule has 9 heteroatoms. The highest BCUT2D eigenvalue weighted by Gasteiger charge is 2.52. The van der Waals surface area contributed by atoms with Crippen LogP contribution in [0.5, 0.6) is 0 Å². The molecule has 57 heavy (non-hydrogen) atoms. The van der Waals surface area contributed by atoms with Gasteiger partial charge in [0.1, 0.15) is 0 Å². The lowest BCUT2D eigenvalue weighted by atomic mass is 9.82. The summed E-state index contributed by atoms with van der Waals surface area (Å²) in [5, 5.41) is 0. The van der Waals surface area contributed by atoms with E-state index in [1.165, 1.54) is 194 Å². The molecule has 0 aromatic heterocycles. The second kappa shape index (κ2) is 18.5. The molecule has 8 fully saturated rings. The van der Waals surface area contributed by atoms with Gasteiger partial charge in [-0.05, 0) is 133 Å². The third kappa shape index (κ3) is 11.8. The molecule has 0 atom stereocenters. The molecule has 0 radical (unpaired) electrons. The summed E-state index contributed by atoms with van der Waals surface area (Å²) in [4.78, 5) is 16.6. The minimum atomic E-state index is 0.236. The maximum Gasteiger partial charge on any atom is 0.0807 e. The molecule has 0 aromatic carbocycles. The summed E-state index contributed by atoms with van der Waals surface area (Å²) in [5.74, 6) is 1.71. The van der Waals surface area contributed by atoms with Gasteiger partial charge in [-0.1, -0.05) is 34.6 Å². The highest BCUT2D eigenvalue weighted by Crippen LogP contribution is 2.46. The van der Waals surface area contributed by atoms with Crippen molar-refractivity contribution in [1.82, 2.24) is 29.4 Å². The minimum absolute atomic E-state index is 0.236. The topological polar surface area (TPSA) is 47.1 Å². The van der Waals surface area contributed by atoms with Crippen LogP contribution in [0.4, 0.5) is 0 Å². The fourth-order valence-electron chi connectivity index (χ4n) is 12.4. The average Bonchev–Trinajstić information content (AvgIpc) is 3.94. The van der Waals surface area contributed by atoms with Gasteiger partial charge < -0.3 is 24.0 Å². The van der Waals surface area contributed by atoms with Gasteiger partial charge in [0.2, 0.25) is 0 Å².